The van der Waals surface area contributed by atoms with Gasteiger partial charge in [-0.15, -0.1) is 0 Å². The van der Waals surface area contributed by atoms with Gasteiger partial charge in [-0.05, 0) is 25.6 Å². The van der Waals surface area contributed by atoms with E-state index in [0.29, 0.717) is 12.4 Å². The Balaban J connectivity index is 2.16. The Morgan fingerprint density at radius 1 is 1.29 bits per heavy atom. The number of rotatable bonds is 4. The number of benzene rings is 1. The number of hydrogen-bond donors (Lipinski definition) is 1. The first kappa shape index (κ1) is 16.3. The number of aromatic hydroxyl groups is 1. The van der Waals surface area contributed by atoms with Gasteiger partial charge in [0.05, 0.1) is 11.6 Å². The topological polar surface area (TPSA) is 35.9 Å². The van der Waals surface area contributed by atoms with E-state index in [0.717, 1.165) is 43.3 Å². The van der Waals surface area contributed by atoms with Crippen molar-refractivity contribution in [2.24, 2.45) is 0 Å². The number of hydrogen-bond acceptors (Lipinski definition) is 4. The van der Waals surface area contributed by atoms with Crippen LogP contribution in [-0.2, 0) is 0 Å². The summed E-state index contributed by atoms with van der Waals surface area (Å²) < 4.78 is 5.41. The minimum Gasteiger partial charge on any atom is -0.503 e. The lowest BCUT2D eigenvalue weighted by molar-refractivity contribution is 0.192. The largest absolute Gasteiger partial charge is 0.503 e. The van der Waals surface area contributed by atoms with E-state index >= 15 is 0 Å². The molecule has 1 N–H and O–H groups in total. The van der Waals surface area contributed by atoms with Crippen molar-refractivity contribution in [2.45, 2.75) is 13.8 Å². The highest BCUT2D eigenvalue weighted by molar-refractivity contribution is 7.80. The number of likely N-dealkylation sites (N-methyl/N-ethyl adjacent to an activating group) is 1. The summed E-state index contributed by atoms with van der Waals surface area (Å²) in [5.41, 5.74) is 0.821. The van der Waals surface area contributed by atoms with Gasteiger partial charge < -0.3 is 19.6 Å². The average Bonchev–Trinajstić information content (AvgIpc) is 2.51. The highest BCUT2D eigenvalue weighted by Gasteiger charge is 2.20. The average molecular weight is 329 g/mol. The number of phenols is 1. The van der Waals surface area contributed by atoms with Gasteiger partial charge >= 0.3 is 0 Å². The van der Waals surface area contributed by atoms with Crippen LogP contribution in [0.25, 0.3) is 0 Å². The highest BCUT2D eigenvalue weighted by Crippen LogP contribution is 2.35. The number of ether oxygens (including phenoxy) is 1. The van der Waals surface area contributed by atoms with Crippen LogP contribution in [0.3, 0.4) is 0 Å². The van der Waals surface area contributed by atoms with Gasteiger partial charge in [0, 0.05) is 31.7 Å². The third-order valence-corrected chi connectivity index (χ3v) is 4.46. The summed E-state index contributed by atoms with van der Waals surface area (Å²) in [7, 11) is 0. The molecule has 1 fully saturated rings. The molecule has 1 aliphatic rings. The lowest BCUT2D eigenvalue weighted by atomic mass is 10.1. The van der Waals surface area contributed by atoms with E-state index in [9.17, 15) is 5.11 Å². The van der Waals surface area contributed by atoms with E-state index in [1.54, 1.807) is 12.1 Å². The molecule has 116 valence electrons. The summed E-state index contributed by atoms with van der Waals surface area (Å²) in [6.07, 6.45) is 0. The second kappa shape index (κ2) is 7.29. The predicted molar refractivity (Wildman–Crippen MR) is 89.7 cm³/mol. The molecule has 1 heterocycles. The molecule has 0 radical (unpaired) electrons. The normalized spacial score (nSPS) is 16.0. The van der Waals surface area contributed by atoms with Crippen molar-refractivity contribution in [2.75, 3.05) is 39.3 Å². The Bertz CT molecular complexity index is 517. The molecule has 4 nitrogen and oxygen atoms in total. The van der Waals surface area contributed by atoms with Crippen LogP contribution in [0.2, 0.25) is 5.02 Å². The van der Waals surface area contributed by atoms with Crippen LogP contribution in [0.1, 0.15) is 19.4 Å². The Hall–Kier alpha value is -1.04. The second-order valence-electron chi connectivity index (χ2n) is 4.96. The smallest absolute Gasteiger partial charge is 0.176 e. The van der Waals surface area contributed by atoms with Crippen LogP contribution in [0.4, 0.5) is 0 Å². The van der Waals surface area contributed by atoms with Gasteiger partial charge in [-0.3, -0.25) is 0 Å². The van der Waals surface area contributed by atoms with Crippen LogP contribution in [0, 0.1) is 0 Å². The Morgan fingerprint density at radius 2 is 1.95 bits per heavy atom. The first-order chi connectivity index (χ1) is 10.1. The van der Waals surface area contributed by atoms with E-state index in [1.807, 2.05) is 6.92 Å². The minimum atomic E-state index is -0.0270. The molecule has 6 heteroatoms. The van der Waals surface area contributed by atoms with Gasteiger partial charge in [0.15, 0.2) is 11.5 Å². The maximum absolute atomic E-state index is 9.89. The molecule has 0 bridgehead atoms. The summed E-state index contributed by atoms with van der Waals surface area (Å²) >= 11 is 11.6. The fraction of sp³-hybridized carbons (Fsp3) is 0.533. The van der Waals surface area contributed by atoms with Crippen molar-refractivity contribution in [1.29, 1.82) is 0 Å². The van der Waals surface area contributed by atoms with Crippen LogP contribution in [0.5, 0.6) is 11.5 Å². The van der Waals surface area contributed by atoms with Crippen LogP contribution < -0.4 is 4.74 Å². The number of thiocarbonyl (C=S) groups is 1. The zero-order chi connectivity index (χ0) is 15.4. The van der Waals surface area contributed by atoms with E-state index in [-0.39, 0.29) is 10.8 Å². The predicted octanol–water partition coefficient (Wildman–Crippen LogP) is 2.76. The molecule has 1 saturated heterocycles. The van der Waals surface area contributed by atoms with Crippen LogP contribution in [-0.4, -0.2) is 59.2 Å². The maximum Gasteiger partial charge on any atom is 0.176 e. The molecular formula is C15H21ClN2O2S. The molecule has 1 aromatic carbocycles. The second-order valence-corrected chi connectivity index (χ2v) is 5.76. The molecule has 1 aliphatic heterocycles. The monoisotopic (exact) mass is 328 g/mol. The van der Waals surface area contributed by atoms with Gasteiger partial charge in [-0.1, -0.05) is 30.7 Å². The fourth-order valence-electron chi connectivity index (χ4n) is 2.41. The Kier molecular flexibility index (Phi) is 5.67. The molecule has 0 amide bonds. The molecule has 0 unspecified atom stereocenters. The SMILES string of the molecule is CCOc1cc(C(=S)N2CCN(CC)CC2)cc(Cl)c1O. The summed E-state index contributed by atoms with van der Waals surface area (Å²) in [6.45, 7) is 9.42. The molecule has 0 atom stereocenters. The summed E-state index contributed by atoms with van der Waals surface area (Å²) in [4.78, 5) is 5.34. The van der Waals surface area contributed by atoms with E-state index in [1.165, 1.54) is 0 Å². The van der Waals surface area contributed by atoms with Crippen molar-refractivity contribution >= 4 is 28.8 Å². The van der Waals surface area contributed by atoms with Crippen LogP contribution in [0.15, 0.2) is 12.1 Å². The third-order valence-electron chi connectivity index (χ3n) is 3.68. The first-order valence-electron chi connectivity index (χ1n) is 7.23. The molecule has 1 aromatic rings. The molecule has 2 rings (SSSR count). The standard InChI is InChI=1S/C15H21ClN2O2S/c1-3-17-5-7-18(8-6-17)15(21)11-9-12(16)14(19)13(10-11)20-4-2/h9-10,19H,3-8H2,1-2H3. The zero-order valence-corrected chi connectivity index (χ0v) is 14.0. The lowest BCUT2D eigenvalue weighted by Gasteiger charge is -2.35. The molecule has 21 heavy (non-hydrogen) atoms. The van der Waals surface area contributed by atoms with Gasteiger partial charge in [0.1, 0.15) is 4.99 Å². The third kappa shape index (κ3) is 3.78. The lowest BCUT2D eigenvalue weighted by Crippen LogP contribution is -2.48. The maximum atomic E-state index is 9.89. The Labute approximate surface area is 136 Å². The van der Waals surface area contributed by atoms with Crippen molar-refractivity contribution in [1.82, 2.24) is 9.80 Å². The number of nitrogens with zero attached hydrogens (tertiary/aromatic N) is 2. The molecule has 0 saturated carbocycles. The van der Waals surface area contributed by atoms with Crippen molar-refractivity contribution in [3.63, 3.8) is 0 Å². The number of phenolic OH excluding ortho intramolecular Hbond substituents is 1. The van der Waals surface area contributed by atoms with E-state index in [2.05, 4.69) is 16.7 Å². The fourth-order valence-corrected chi connectivity index (χ4v) is 2.92. The van der Waals surface area contributed by atoms with Gasteiger partial charge in [-0.25, -0.2) is 0 Å². The molecule has 0 aromatic heterocycles. The van der Waals surface area contributed by atoms with E-state index < -0.39 is 0 Å². The van der Waals surface area contributed by atoms with Gasteiger partial charge in [0.25, 0.3) is 0 Å². The number of piperazine rings is 1. The zero-order valence-electron chi connectivity index (χ0n) is 12.4. The van der Waals surface area contributed by atoms with Crippen LogP contribution >= 0.6 is 23.8 Å². The summed E-state index contributed by atoms with van der Waals surface area (Å²) in [5.74, 6) is 0.357. The molecule has 0 aliphatic carbocycles. The van der Waals surface area contributed by atoms with Crippen molar-refractivity contribution in [3.05, 3.63) is 22.7 Å². The summed E-state index contributed by atoms with van der Waals surface area (Å²) in [6, 6.07) is 3.47. The van der Waals surface area contributed by atoms with E-state index in [4.69, 9.17) is 28.6 Å². The molecular weight excluding hydrogens is 308 g/mol. The first-order valence-corrected chi connectivity index (χ1v) is 8.02. The summed E-state index contributed by atoms with van der Waals surface area (Å²) in [5, 5.41) is 10.2. The quantitative estimate of drug-likeness (QED) is 0.860. The van der Waals surface area contributed by atoms with Crippen molar-refractivity contribution in [3.8, 4) is 11.5 Å². The van der Waals surface area contributed by atoms with Crippen molar-refractivity contribution < 1.29 is 9.84 Å². The van der Waals surface area contributed by atoms with Gasteiger partial charge in [0.2, 0.25) is 0 Å². The molecule has 0 spiro atoms. The minimum absolute atomic E-state index is 0.0270. The Morgan fingerprint density at radius 3 is 2.52 bits per heavy atom. The highest BCUT2D eigenvalue weighted by atomic mass is 35.5. The van der Waals surface area contributed by atoms with Gasteiger partial charge in [-0.2, -0.15) is 0 Å². The number of halogens is 1.